The Morgan fingerprint density at radius 2 is 1.83 bits per heavy atom. The Hall–Kier alpha value is -1.87. The number of aryl methyl sites for hydroxylation is 1. The Bertz CT molecular complexity index is 734. The highest BCUT2D eigenvalue weighted by molar-refractivity contribution is 6.31. The van der Waals surface area contributed by atoms with E-state index in [0.29, 0.717) is 0 Å². The van der Waals surface area contributed by atoms with Crippen LogP contribution in [0.2, 0.25) is 5.02 Å². The van der Waals surface area contributed by atoms with Crippen molar-refractivity contribution in [3.05, 3.63) is 53.1 Å². The Morgan fingerprint density at radius 3 is 2.61 bits per heavy atom. The van der Waals surface area contributed by atoms with E-state index in [1.807, 2.05) is 25.1 Å². The van der Waals surface area contributed by atoms with Gasteiger partial charge < -0.3 is 4.98 Å². The number of aromatic nitrogens is 2. The molecule has 0 saturated carbocycles. The van der Waals surface area contributed by atoms with Crippen molar-refractivity contribution >= 4 is 22.6 Å². The maximum atomic E-state index is 13.1. The highest BCUT2D eigenvalue weighted by atomic mass is 35.5. The maximum Gasteiger partial charge on any atom is 0.141 e. The van der Waals surface area contributed by atoms with Crippen LogP contribution in [0.25, 0.3) is 22.2 Å². The quantitative estimate of drug-likeness (QED) is 0.693. The van der Waals surface area contributed by atoms with Gasteiger partial charge in [-0.1, -0.05) is 23.7 Å². The molecule has 1 heterocycles. The summed E-state index contributed by atoms with van der Waals surface area (Å²) in [4.78, 5) is 7.51. The van der Waals surface area contributed by atoms with Crippen LogP contribution in [0, 0.1) is 12.7 Å². The molecular formula is C14H10ClFN2. The minimum atomic E-state index is -0.404. The molecule has 90 valence electrons. The molecule has 2 aromatic carbocycles. The molecule has 1 N–H and O–H groups in total. The van der Waals surface area contributed by atoms with E-state index in [1.165, 1.54) is 6.07 Å². The van der Waals surface area contributed by atoms with Gasteiger partial charge in [0.1, 0.15) is 11.6 Å². The molecule has 0 fully saturated rings. The zero-order chi connectivity index (χ0) is 12.7. The number of H-pyrrole nitrogens is 1. The molecule has 0 amide bonds. The van der Waals surface area contributed by atoms with Crippen LogP contribution in [-0.2, 0) is 0 Å². The van der Waals surface area contributed by atoms with Gasteiger partial charge in [0.05, 0.1) is 16.1 Å². The largest absolute Gasteiger partial charge is 0.342 e. The Balaban J connectivity index is 2.15. The van der Waals surface area contributed by atoms with Crippen molar-refractivity contribution in [1.82, 2.24) is 9.97 Å². The normalized spacial score (nSPS) is 11.1. The van der Waals surface area contributed by atoms with E-state index in [-0.39, 0.29) is 5.02 Å². The first-order chi connectivity index (χ1) is 8.63. The second kappa shape index (κ2) is 4.10. The zero-order valence-electron chi connectivity index (χ0n) is 9.67. The summed E-state index contributed by atoms with van der Waals surface area (Å²) in [7, 11) is 0. The molecule has 0 unspecified atom stereocenters. The van der Waals surface area contributed by atoms with Crippen LogP contribution in [0.15, 0.2) is 36.4 Å². The van der Waals surface area contributed by atoms with Crippen molar-refractivity contribution < 1.29 is 4.39 Å². The molecule has 2 nitrogen and oxygen atoms in total. The summed E-state index contributed by atoms with van der Waals surface area (Å²) < 4.78 is 13.1. The Labute approximate surface area is 108 Å². The van der Waals surface area contributed by atoms with Crippen LogP contribution in [-0.4, -0.2) is 9.97 Å². The van der Waals surface area contributed by atoms with E-state index >= 15 is 0 Å². The number of fused-ring (bicyclic) bond motifs is 1. The third-order valence-corrected chi connectivity index (χ3v) is 3.14. The molecule has 3 aromatic rings. The second-order valence-corrected chi connectivity index (χ2v) is 4.59. The Kier molecular flexibility index (Phi) is 2.56. The van der Waals surface area contributed by atoms with Crippen molar-refractivity contribution in [2.75, 3.05) is 0 Å². The number of rotatable bonds is 1. The first kappa shape index (κ1) is 11.2. The maximum absolute atomic E-state index is 13.1. The molecule has 3 rings (SSSR count). The first-order valence-corrected chi connectivity index (χ1v) is 5.93. The first-order valence-electron chi connectivity index (χ1n) is 5.55. The summed E-state index contributed by atoms with van der Waals surface area (Å²) in [5.74, 6) is 0.471. The smallest absolute Gasteiger partial charge is 0.141 e. The molecule has 0 saturated heterocycles. The lowest BCUT2D eigenvalue weighted by Crippen LogP contribution is -1.81. The van der Waals surface area contributed by atoms with Crippen molar-refractivity contribution in [1.29, 1.82) is 0 Å². The summed E-state index contributed by atoms with van der Waals surface area (Å²) in [6, 6.07) is 10.6. The summed E-state index contributed by atoms with van der Waals surface area (Å²) in [5, 5.41) is 0.133. The lowest BCUT2D eigenvalue weighted by Gasteiger charge is -2.03. The minimum Gasteiger partial charge on any atom is -0.342 e. The van der Waals surface area contributed by atoms with Crippen molar-refractivity contribution in [2.24, 2.45) is 0 Å². The summed E-state index contributed by atoms with van der Waals surface area (Å²) in [5.41, 5.74) is 3.75. The van der Waals surface area contributed by atoms with Gasteiger partial charge in [0.25, 0.3) is 0 Å². The summed E-state index contributed by atoms with van der Waals surface area (Å²) in [6.45, 7) is 1.91. The van der Waals surface area contributed by atoms with E-state index < -0.39 is 5.82 Å². The Morgan fingerprint density at radius 1 is 1.11 bits per heavy atom. The van der Waals surface area contributed by atoms with Gasteiger partial charge >= 0.3 is 0 Å². The fourth-order valence-electron chi connectivity index (χ4n) is 1.99. The average Bonchev–Trinajstić information content (AvgIpc) is 2.71. The molecule has 18 heavy (non-hydrogen) atoms. The van der Waals surface area contributed by atoms with Crippen molar-refractivity contribution in [3.63, 3.8) is 0 Å². The number of hydrogen-bond acceptors (Lipinski definition) is 1. The highest BCUT2D eigenvalue weighted by Crippen LogP contribution is 2.27. The molecule has 1 aromatic heterocycles. The van der Waals surface area contributed by atoms with Gasteiger partial charge in [-0.15, -0.1) is 0 Å². The third kappa shape index (κ3) is 1.87. The van der Waals surface area contributed by atoms with Gasteiger partial charge in [0.15, 0.2) is 0 Å². The number of nitrogens with one attached hydrogen (secondary N) is 1. The lowest BCUT2D eigenvalue weighted by atomic mass is 10.1. The fraction of sp³-hybridized carbons (Fsp3) is 0.0714. The molecular weight excluding hydrogens is 251 g/mol. The van der Waals surface area contributed by atoms with Crippen LogP contribution >= 0.6 is 11.6 Å². The van der Waals surface area contributed by atoms with Gasteiger partial charge in [-0.3, -0.25) is 0 Å². The number of aromatic amines is 1. The van der Waals surface area contributed by atoms with Gasteiger partial charge in [-0.05, 0) is 42.3 Å². The molecule has 0 aliphatic rings. The highest BCUT2D eigenvalue weighted by Gasteiger charge is 2.05. The summed E-state index contributed by atoms with van der Waals surface area (Å²) in [6.07, 6.45) is 0. The topological polar surface area (TPSA) is 28.7 Å². The predicted octanol–water partition coefficient (Wildman–Crippen LogP) is 4.33. The lowest BCUT2D eigenvalue weighted by molar-refractivity contribution is 0.628. The van der Waals surface area contributed by atoms with Crippen LogP contribution in [0.4, 0.5) is 4.39 Å². The van der Waals surface area contributed by atoms with Gasteiger partial charge in [0.2, 0.25) is 0 Å². The molecule has 0 bridgehead atoms. The molecule has 4 heteroatoms. The van der Waals surface area contributed by atoms with Gasteiger partial charge in [-0.2, -0.15) is 0 Å². The van der Waals surface area contributed by atoms with E-state index in [2.05, 4.69) is 9.97 Å². The van der Waals surface area contributed by atoms with Crippen molar-refractivity contribution in [2.45, 2.75) is 6.92 Å². The molecule has 0 aliphatic heterocycles. The fourth-order valence-corrected chi connectivity index (χ4v) is 2.17. The van der Waals surface area contributed by atoms with Crippen LogP contribution < -0.4 is 0 Å². The molecule has 0 atom stereocenters. The number of imidazole rings is 1. The second-order valence-electron chi connectivity index (χ2n) is 4.18. The van der Waals surface area contributed by atoms with Crippen molar-refractivity contribution in [3.8, 4) is 11.1 Å². The minimum absolute atomic E-state index is 0.133. The standard InChI is InChI=1S/C14H10ClFN2/c1-8-17-13-5-3-10(7-14(13)18-8)9-2-4-12(16)11(15)6-9/h2-7H,1H3,(H,17,18). The summed E-state index contributed by atoms with van der Waals surface area (Å²) >= 11 is 5.79. The van der Waals surface area contributed by atoms with Gasteiger partial charge in [-0.25, -0.2) is 9.37 Å². The SMILES string of the molecule is Cc1nc2ccc(-c3ccc(F)c(Cl)c3)cc2[nH]1. The number of benzene rings is 2. The van der Waals surface area contributed by atoms with Crippen LogP contribution in [0.3, 0.4) is 0 Å². The number of hydrogen-bond donors (Lipinski definition) is 1. The van der Waals surface area contributed by atoms with E-state index in [0.717, 1.165) is 28.0 Å². The monoisotopic (exact) mass is 260 g/mol. The molecule has 0 radical (unpaired) electrons. The average molecular weight is 261 g/mol. The molecule has 0 aliphatic carbocycles. The van der Waals surface area contributed by atoms with E-state index in [9.17, 15) is 4.39 Å². The number of nitrogens with zero attached hydrogens (tertiary/aromatic N) is 1. The van der Waals surface area contributed by atoms with E-state index in [4.69, 9.17) is 11.6 Å². The van der Waals surface area contributed by atoms with E-state index in [1.54, 1.807) is 12.1 Å². The number of halogens is 2. The zero-order valence-corrected chi connectivity index (χ0v) is 10.4. The van der Waals surface area contributed by atoms with Crippen LogP contribution in [0.5, 0.6) is 0 Å². The van der Waals surface area contributed by atoms with Crippen LogP contribution in [0.1, 0.15) is 5.82 Å². The van der Waals surface area contributed by atoms with Gasteiger partial charge in [0, 0.05) is 0 Å². The third-order valence-electron chi connectivity index (χ3n) is 2.85. The molecule has 0 spiro atoms. The predicted molar refractivity (Wildman–Crippen MR) is 71.2 cm³/mol.